The standard InChI is InChI=1S/C18H22O3S/c1-5-9-14-13-18(22(19,20)21)17(12-8-4)16(11-7-3)15(14)10-6-2/h5-13H,1-4H3,(H,19,20,21). The van der Waals surface area contributed by atoms with E-state index in [4.69, 9.17) is 0 Å². The van der Waals surface area contributed by atoms with Crippen LogP contribution in [0, 0.1) is 0 Å². The van der Waals surface area contributed by atoms with Gasteiger partial charge in [0.25, 0.3) is 10.1 Å². The molecule has 0 atom stereocenters. The summed E-state index contributed by atoms with van der Waals surface area (Å²) >= 11 is 0. The molecule has 1 aromatic carbocycles. The predicted octanol–water partition coefficient (Wildman–Crippen LogP) is 5.07. The molecule has 0 spiro atoms. The Morgan fingerprint density at radius 1 is 0.773 bits per heavy atom. The normalized spacial score (nSPS) is 13.3. The van der Waals surface area contributed by atoms with E-state index in [1.165, 1.54) is 6.07 Å². The minimum Gasteiger partial charge on any atom is -0.282 e. The van der Waals surface area contributed by atoms with Crippen LogP contribution in [0.2, 0.25) is 0 Å². The van der Waals surface area contributed by atoms with Crippen LogP contribution in [0.25, 0.3) is 24.3 Å². The Hall–Kier alpha value is -1.91. The lowest BCUT2D eigenvalue weighted by molar-refractivity contribution is 0.483. The highest BCUT2D eigenvalue weighted by Gasteiger charge is 2.20. The third-order valence-corrected chi connectivity index (χ3v) is 3.96. The largest absolute Gasteiger partial charge is 0.295 e. The average molecular weight is 318 g/mol. The van der Waals surface area contributed by atoms with Gasteiger partial charge in [-0.05, 0) is 50.5 Å². The van der Waals surface area contributed by atoms with E-state index in [0.29, 0.717) is 5.56 Å². The van der Waals surface area contributed by atoms with Crippen LogP contribution in [-0.2, 0) is 10.1 Å². The molecule has 1 N–H and O–H groups in total. The van der Waals surface area contributed by atoms with Crippen LogP contribution < -0.4 is 0 Å². The van der Waals surface area contributed by atoms with Gasteiger partial charge >= 0.3 is 0 Å². The molecule has 0 aromatic heterocycles. The van der Waals surface area contributed by atoms with Gasteiger partial charge in [-0.1, -0.05) is 48.6 Å². The van der Waals surface area contributed by atoms with Gasteiger partial charge in [0.15, 0.2) is 0 Å². The average Bonchev–Trinajstić information content (AvgIpc) is 2.44. The van der Waals surface area contributed by atoms with E-state index in [-0.39, 0.29) is 4.90 Å². The fourth-order valence-corrected chi connectivity index (χ4v) is 3.03. The van der Waals surface area contributed by atoms with Crippen LogP contribution in [0.15, 0.2) is 35.3 Å². The fourth-order valence-electron chi connectivity index (χ4n) is 2.30. The van der Waals surface area contributed by atoms with Gasteiger partial charge in [-0.2, -0.15) is 8.42 Å². The van der Waals surface area contributed by atoms with Crippen molar-refractivity contribution >= 4 is 34.4 Å². The lowest BCUT2D eigenvalue weighted by Gasteiger charge is -2.14. The Labute approximate surface area is 133 Å². The van der Waals surface area contributed by atoms with Crippen molar-refractivity contribution in [1.29, 1.82) is 0 Å². The van der Waals surface area contributed by atoms with Crippen LogP contribution in [-0.4, -0.2) is 13.0 Å². The molecule has 0 aliphatic rings. The topological polar surface area (TPSA) is 54.4 Å². The van der Waals surface area contributed by atoms with E-state index in [1.54, 1.807) is 12.2 Å². The quantitative estimate of drug-likeness (QED) is 0.771. The highest BCUT2D eigenvalue weighted by Crippen LogP contribution is 2.31. The van der Waals surface area contributed by atoms with Crippen LogP contribution in [0.3, 0.4) is 0 Å². The first-order valence-electron chi connectivity index (χ1n) is 7.09. The van der Waals surface area contributed by atoms with Crippen LogP contribution >= 0.6 is 0 Å². The molecular weight excluding hydrogens is 296 g/mol. The molecule has 0 aliphatic heterocycles. The van der Waals surface area contributed by atoms with Gasteiger partial charge in [0.1, 0.15) is 4.90 Å². The molecule has 118 valence electrons. The van der Waals surface area contributed by atoms with Crippen molar-refractivity contribution in [2.24, 2.45) is 0 Å². The van der Waals surface area contributed by atoms with Gasteiger partial charge in [-0.25, -0.2) is 0 Å². The smallest absolute Gasteiger partial charge is 0.282 e. The van der Waals surface area contributed by atoms with E-state index >= 15 is 0 Å². The van der Waals surface area contributed by atoms with Crippen molar-refractivity contribution in [2.45, 2.75) is 32.6 Å². The van der Waals surface area contributed by atoms with E-state index in [1.807, 2.05) is 64.2 Å². The van der Waals surface area contributed by atoms with E-state index in [0.717, 1.165) is 16.7 Å². The number of benzene rings is 1. The summed E-state index contributed by atoms with van der Waals surface area (Å²) in [6.45, 7) is 7.45. The van der Waals surface area contributed by atoms with Crippen molar-refractivity contribution in [1.82, 2.24) is 0 Å². The summed E-state index contributed by atoms with van der Waals surface area (Å²) in [7, 11) is -4.31. The minimum absolute atomic E-state index is 0.0833. The first-order chi connectivity index (χ1) is 10.4. The molecule has 1 rings (SSSR count). The van der Waals surface area contributed by atoms with Crippen LogP contribution in [0.1, 0.15) is 49.9 Å². The van der Waals surface area contributed by atoms with Crippen molar-refractivity contribution in [3.63, 3.8) is 0 Å². The molecule has 0 aliphatic carbocycles. The highest BCUT2D eigenvalue weighted by atomic mass is 32.2. The molecule has 0 unspecified atom stereocenters. The Bertz CT molecular complexity index is 749. The molecule has 4 heteroatoms. The summed E-state index contributed by atoms with van der Waals surface area (Å²) < 4.78 is 33.1. The van der Waals surface area contributed by atoms with Crippen LogP contribution in [0.4, 0.5) is 0 Å². The monoisotopic (exact) mass is 318 g/mol. The van der Waals surface area contributed by atoms with Gasteiger partial charge in [0.2, 0.25) is 0 Å². The third kappa shape index (κ3) is 4.06. The second kappa shape index (κ2) is 7.92. The Morgan fingerprint density at radius 3 is 1.68 bits per heavy atom. The van der Waals surface area contributed by atoms with Gasteiger partial charge < -0.3 is 0 Å². The highest BCUT2D eigenvalue weighted by molar-refractivity contribution is 7.86. The molecule has 22 heavy (non-hydrogen) atoms. The zero-order valence-corrected chi connectivity index (χ0v) is 14.2. The lowest BCUT2D eigenvalue weighted by Crippen LogP contribution is -2.05. The molecule has 3 nitrogen and oxygen atoms in total. The van der Waals surface area contributed by atoms with Gasteiger partial charge in [0.05, 0.1) is 0 Å². The maximum Gasteiger partial charge on any atom is 0.295 e. The summed E-state index contributed by atoms with van der Waals surface area (Å²) in [4.78, 5) is -0.0833. The third-order valence-electron chi connectivity index (χ3n) is 3.07. The summed E-state index contributed by atoms with van der Waals surface area (Å²) in [6, 6.07) is 1.51. The van der Waals surface area contributed by atoms with E-state index < -0.39 is 10.1 Å². The molecule has 1 aromatic rings. The molecule has 0 radical (unpaired) electrons. The van der Waals surface area contributed by atoms with Crippen molar-refractivity contribution < 1.29 is 13.0 Å². The molecule has 0 bridgehead atoms. The summed E-state index contributed by atoms with van der Waals surface area (Å²) in [5.41, 5.74) is 2.92. The first kappa shape index (κ1) is 18.1. The number of hydrogen-bond donors (Lipinski definition) is 1. The molecular formula is C18H22O3S. The molecule has 0 heterocycles. The lowest BCUT2D eigenvalue weighted by atomic mass is 9.94. The maximum absolute atomic E-state index is 11.8. The zero-order valence-electron chi connectivity index (χ0n) is 13.4. The van der Waals surface area contributed by atoms with Crippen molar-refractivity contribution in [2.75, 3.05) is 0 Å². The minimum atomic E-state index is -4.31. The summed E-state index contributed by atoms with van der Waals surface area (Å²) in [6.07, 6.45) is 14.7. The number of rotatable bonds is 5. The first-order valence-corrected chi connectivity index (χ1v) is 8.53. The second-order valence-corrected chi connectivity index (χ2v) is 6.07. The van der Waals surface area contributed by atoms with Crippen molar-refractivity contribution in [3.8, 4) is 0 Å². The van der Waals surface area contributed by atoms with Gasteiger partial charge in [-0.3, -0.25) is 4.55 Å². The molecule has 0 amide bonds. The molecule has 0 saturated heterocycles. The van der Waals surface area contributed by atoms with E-state index in [2.05, 4.69) is 0 Å². The van der Waals surface area contributed by atoms with Crippen molar-refractivity contribution in [3.05, 3.63) is 52.6 Å². The Kier molecular flexibility index (Phi) is 6.53. The number of allylic oxidation sites excluding steroid dienone is 4. The molecule has 0 saturated carbocycles. The van der Waals surface area contributed by atoms with Crippen LogP contribution in [0.5, 0.6) is 0 Å². The fraction of sp³-hybridized carbons (Fsp3) is 0.222. The Balaban J connectivity index is 4.05. The maximum atomic E-state index is 11.8. The Morgan fingerprint density at radius 2 is 1.23 bits per heavy atom. The van der Waals surface area contributed by atoms with Gasteiger partial charge in [0, 0.05) is 5.56 Å². The molecule has 0 fully saturated rings. The van der Waals surface area contributed by atoms with E-state index in [9.17, 15) is 13.0 Å². The zero-order chi connectivity index (χ0) is 16.8. The SMILES string of the molecule is CC=Cc1cc(S(=O)(=O)O)c(C=CC)c(C=CC)c1C=CC. The summed E-state index contributed by atoms with van der Waals surface area (Å²) in [5, 5.41) is 0. The van der Waals surface area contributed by atoms with Gasteiger partial charge in [-0.15, -0.1) is 0 Å². The second-order valence-electron chi connectivity index (χ2n) is 4.68. The summed E-state index contributed by atoms with van der Waals surface area (Å²) in [5.74, 6) is 0. The predicted molar refractivity (Wildman–Crippen MR) is 95.1 cm³/mol. The number of hydrogen-bond acceptors (Lipinski definition) is 2.